The fourth-order valence-electron chi connectivity index (χ4n) is 1.23. The quantitative estimate of drug-likeness (QED) is 0.776. The molecule has 2 N–H and O–H groups in total. The van der Waals surface area contributed by atoms with E-state index in [4.69, 9.17) is 0 Å². The molecule has 1 aromatic rings. The van der Waals surface area contributed by atoms with Crippen LogP contribution in [0, 0.1) is 6.92 Å². The van der Waals surface area contributed by atoms with Crippen LogP contribution in [0.1, 0.15) is 19.4 Å². The number of rotatable bonds is 2. The van der Waals surface area contributed by atoms with E-state index in [1.807, 2.05) is 13.0 Å². The highest BCUT2D eigenvalue weighted by Gasteiger charge is 2.02. The zero-order valence-electron chi connectivity index (χ0n) is 9.05. The van der Waals surface area contributed by atoms with Crippen molar-refractivity contribution in [3.05, 3.63) is 23.8 Å². The van der Waals surface area contributed by atoms with Gasteiger partial charge < -0.3 is 10.6 Å². The lowest BCUT2D eigenvalue weighted by molar-refractivity contribution is -0.115. The van der Waals surface area contributed by atoms with E-state index in [-0.39, 0.29) is 11.8 Å². The number of carbonyl (C=O) groups is 2. The number of nitrogens with one attached hydrogen (secondary N) is 2. The third kappa shape index (κ3) is 3.42. The van der Waals surface area contributed by atoms with Crippen molar-refractivity contribution in [3.63, 3.8) is 0 Å². The molecule has 0 saturated carbocycles. The first-order valence-corrected chi connectivity index (χ1v) is 4.65. The van der Waals surface area contributed by atoms with Crippen LogP contribution in [0.5, 0.6) is 0 Å². The summed E-state index contributed by atoms with van der Waals surface area (Å²) >= 11 is 0. The first-order chi connectivity index (χ1) is 6.99. The van der Waals surface area contributed by atoms with Crippen LogP contribution in [-0.4, -0.2) is 11.8 Å². The highest BCUT2D eigenvalue weighted by molar-refractivity contribution is 5.92. The van der Waals surface area contributed by atoms with Crippen LogP contribution in [0.3, 0.4) is 0 Å². The van der Waals surface area contributed by atoms with Crippen LogP contribution in [-0.2, 0) is 9.59 Å². The highest BCUT2D eigenvalue weighted by atomic mass is 16.2. The molecule has 0 aromatic heterocycles. The molecule has 0 radical (unpaired) electrons. The Kier molecular flexibility index (Phi) is 3.44. The molecule has 15 heavy (non-hydrogen) atoms. The van der Waals surface area contributed by atoms with E-state index >= 15 is 0 Å². The maximum Gasteiger partial charge on any atom is 0.221 e. The average molecular weight is 206 g/mol. The molecule has 0 saturated heterocycles. The summed E-state index contributed by atoms with van der Waals surface area (Å²) in [6.45, 7) is 4.78. The van der Waals surface area contributed by atoms with E-state index in [0.717, 1.165) is 5.56 Å². The fourth-order valence-corrected chi connectivity index (χ4v) is 1.23. The van der Waals surface area contributed by atoms with Crippen molar-refractivity contribution < 1.29 is 9.59 Å². The van der Waals surface area contributed by atoms with E-state index in [1.165, 1.54) is 13.8 Å². The molecule has 0 bridgehead atoms. The molecule has 0 aliphatic rings. The smallest absolute Gasteiger partial charge is 0.221 e. The summed E-state index contributed by atoms with van der Waals surface area (Å²) in [5.74, 6) is -0.259. The van der Waals surface area contributed by atoms with Gasteiger partial charge in [-0.25, -0.2) is 0 Å². The van der Waals surface area contributed by atoms with Gasteiger partial charge in [-0.3, -0.25) is 9.59 Å². The summed E-state index contributed by atoms with van der Waals surface area (Å²) in [5.41, 5.74) is 2.35. The Bertz CT molecular complexity index is 400. The first-order valence-electron chi connectivity index (χ1n) is 4.65. The Hall–Kier alpha value is -1.84. The van der Waals surface area contributed by atoms with Crippen LogP contribution in [0.4, 0.5) is 11.4 Å². The van der Waals surface area contributed by atoms with Gasteiger partial charge in [-0.05, 0) is 24.6 Å². The van der Waals surface area contributed by atoms with Gasteiger partial charge in [0.05, 0.1) is 0 Å². The minimum absolute atomic E-state index is 0.127. The lowest BCUT2D eigenvalue weighted by Crippen LogP contribution is -2.09. The van der Waals surface area contributed by atoms with Crippen LogP contribution < -0.4 is 10.6 Å². The summed E-state index contributed by atoms with van der Waals surface area (Å²) < 4.78 is 0. The van der Waals surface area contributed by atoms with Crippen LogP contribution in [0.15, 0.2) is 18.2 Å². The molecule has 0 aliphatic heterocycles. The lowest BCUT2D eigenvalue weighted by Gasteiger charge is -2.09. The van der Waals surface area contributed by atoms with Gasteiger partial charge >= 0.3 is 0 Å². The van der Waals surface area contributed by atoms with E-state index in [0.29, 0.717) is 11.4 Å². The van der Waals surface area contributed by atoms with Crippen LogP contribution in [0.2, 0.25) is 0 Å². The SMILES string of the molecule is CC(=O)Nc1ccc(C)c(NC(C)=O)c1. The van der Waals surface area contributed by atoms with E-state index in [2.05, 4.69) is 10.6 Å². The zero-order valence-corrected chi connectivity index (χ0v) is 9.05. The molecule has 80 valence electrons. The maximum atomic E-state index is 10.9. The summed E-state index contributed by atoms with van der Waals surface area (Å²) in [5, 5.41) is 5.35. The van der Waals surface area contributed by atoms with Gasteiger partial charge in [0.1, 0.15) is 0 Å². The van der Waals surface area contributed by atoms with Crippen molar-refractivity contribution in [1.82, 2.24) is 0 Å². The largest absolute Gasteiger partial charge is 0.326 e. The normalized spacial score (nSPS) is 9.53. The molecule has 0 unspecified atom stereocenters. The standard InChI is InChI=1S/C11H14N2O2/c1-7-4-5-10(12-8(2)14)6-11(7)13-9(3)15/h4-6H,1-3H3,(H,12,14)(H,13,15). The van der Waals surface area contributed by atoms with Crippen LogP contribution in [0.25, 0.3) is 0 Å². The second-order valence-corrected chi connectivity index (χ2v) is 3.39. The van der Waals surface area contributed by atoms with Crippen molar-refractivity contribution in [2.45, 2.75) is 20.8 Å². The fraction of sp³-hybridized carbons (Fsp3) is 0.273. The minimum atomic E-state index is -0.132. The average Bonchev–Trinajstić information content (AvgIpc) is 2.09. The molecular formula is C11H14N2O2. The number of carbonyl (C=O) groups excluding carboxylic acids is 2. The lowest BCUT2D eigenvalue weighted by atomic mass is 10.2. The third-order valence-electron chi connectivity index (χ3n) is 1.87. The Morgan fingerprint density at radius 3 is 2.20 bits per heavy atom. The number of benzene rings is 1. The molecule has 2 amide bonds. The van der Waals surface area contributed by atoms with Crippen molar-refractivity contribution >= 4 is 23.2 Å². The van der Waals surface area contributed by atoms with Gasteiger partial charge in [0.25, 0.3) is 0 Å². The highest BCUT2D eigenvalue weighted by Crippen LogP contribution is 2.20. The number of hydrogen-bond donors (Lipinski definition) is 2. The number of anilines is 2. The first kappa shape index (κ1) is 11.2. The monoisotopic (exact) mass is 206 g/mol. The van der Waals surface area contributed by atoms with Gasteiger partial charge in [-0.1, -0.05) is 6.07 Å². The van der Waals surface area contributed by atoms with Crippen molar-refractivity contribution in [3.8, 4) is 0 Å². The van der Waals surface area contributed by atoms with E-state index in [1.54, 1.807) is 12.1 Å². The predicted octanol–water partition coefficient (Wildman–Crippen LogP) is 1.91. The van der Waals surface area contributed by atoms with Crippen molar-refractivity contribution in [2.24, 2.45) is 0 Å². The van der Waals surface area contributed by atoms with Gasteiger partial charge in [-0.2, -0.15) is 0 Å². The molecule has 0 spiro atoms. The molecular weight excluding hydrogens is 192 g/mol. The van der Waals surface area contributed by atoms with Gasteiger partial charge in [-0.15, -0.1) is 0 Å². The molecule has 0 atom stereocenters. The summed E-state index contributed by atoms with van der Waals surface area (Å²) in [6.07, 6.45) is 0. The topological polar surface area (TPSA) is 58.2 Å². The van der Waals surface area contributed by atoms with E-state index < -0.39 is 0 Å². The molecule has 0 aliphatic carbocycles. The minimum Gasteiger partial charge on any atom is -0.326 e. The molecule has 1 aromatic carbocycles. The van der Waals surface area contributed by atoms with Gasteiger partial charge in [0, 0.05) is 25.2 Å². The Labute approximate surface area is 88.7 Å². The Balaban J connectivity index is 2.94. The molecule has 4 heteroatoms. The summed E-state index contributed by atoms with van der Waals surface area (Å²) in [4.78, 5) is 21.7. The van der Waals surface area contributed by atoms with Crippen molar-refractivity contribution in [1.29, 1.82) is 0 Å². The van der Waals surface area contributed by atoms with Gasteiger partial charge in [0.15, 0.2) is 0 Å². The predicted molar refractivity (Wildman–Crippen MR) is 59.8 cm³/mol. The van der Waals surface area contributed by atoms with Crippen molar-refractivity contribution in [2.75, 3.05) is 10.6 Å². The Morgan fingerprint density at radius 1 is 1.07 bits per heavy atom. The summed E-state index contributed by atoms with van der Waals surface area (Å²) in [7, 11) is 0. The number of hydrogen-bond acceptors (Lipinski definition) is 2. The molecule has 0 fully saturated rings. The molecule has 1 rings (SSSR count). The molecule has 4 nitrogen and oxygen atoms in total. The second-order valence-electron chi connectivity index (χ2n) is 3.39. The molecule has 0 heterocycles. The Morgan fingerprint density at radius 2 is 1.67 bits per heavy atom. The summed E-state index contributed by atoms with van der Waals surface area (Å²) in [6, 6.07) is 5.37. The number of aryl methyl sites for hydroxylation is 1. The van der Waals surface area contributed by atoms with Crippen LogP contribution >= 0.6 is 0 Å². The maximum absolute atomic E-state index is 10.9. The zero-order chi connectivity index (χ0) is 11.4. The second kappa shape index (κ2) is 4.59. The number of amides is 2. The van der Waals surface area contributed by atoms with Gasteiger partial charge in [0.2, 0.25) is 11.8 Å². The third-order valence-corrected chi connectivity index (χ3v) is 1.87. The van der Waals surface area contributed by atoms with E-state index in [9.17, 15) is 9.59 Å².